The Balaban J connectivity index is 1.33. The topological polar surface area (TPSA) is 86.8 Å². The number of hydrogen-bond acceptors (Lipinski definition) is 4. The molecule has 1 aliphatic rings. The third kappa shape index (κ3) is 6.66. The Labute approximate surface area is 241 Å². The minimum Gasteiger partial charge on any atom is -0.339 e. The molecule has 1 heterocycles. The Morgan fingerprint density at radius 1 is 0.707 bits per heavy atom. The van der Waals surface area contributed by atoms with Gasteiger partial charge in [-0.05, 0) is 66.9 Å². The van der Waals surface area contributed by atoms with Crippen molar-refractivity contribution in [3.05, 3.63) is 126 Å². The van der Waals surface area contributed by atoms with Crippen LogP contribution in [0.1, 0.15) is 52.0 Å². The van der Waals surface area contributed by atoms with Crippen molar-refractivity contribution >= 4 is 33.2 Å². The molecule has 0 aromatic heterocycles. The third-order valence-electron chi connectivity index (χ3n) is 7.22. The standard InChI is InChI=1S/C33H33N3O4S/c37-32(34-31-18-10-9-17-30(31)33(38)35-23-11-1-2-12-24-35)27-21-19-26(20-22-27)25-36(28-13-5-3-6-14-28)41(39,40)29-15-7-4-8-16-29/h3-10,13-22H,1-2,11-12,23-25H2,(H,34,37). The van der Waals surface area contributed by atoms with E-state index in [0.29, 0.717) is 22.5 Å². The summed E-state index contributed by atoms with van der Waals surface area (Å²) in [4.78, 5) is 28.5. The molecule has 210 valence electrons. The van der Waals surface area contributed by atoms with Crippen LogP contribution in [-0.4, -0.2) is 38.2 Å². The molecule has 0 radical (unpaired) electrons. The summed E-state index contributed by atoms with van der Waals surface area (Å²) in [5.41, 5.74) is 2.62. The fraction of sp³-hybridized carbons (Fsp3) is 0.212. The van der Waals surface area contributed by atoms with Crippen LogP contribution in [0.15, 0.2) is 114 Å². The highest BCUT2D eigenvalue weighted by Crippen LogP contribution is 2.26. The van der Waals surface area contributed by atoms with Crippen molar-refractivity contribution in [1.82, 2.24) is 4.90 Å². The van der Waals surface area contributed by atoms with Gasteiger partial charge in [0.2, 0.25) is 0 Å². The largest absolute Gasteiger partial charge is 0.339 e. The molecule has 1 saturated heterocycles. The van der Waals surface area contributed by atoms with Gasteiger partial charge in [-0.1, -0.05) is 73.5 Å². The van der Waals surface area contributed by atoms with Crippen LogP contribution >= 0.6 is 0 Å². The predicted molar refractivity (Wildman–Crippen MR) is 161 cm³/mol. The van der Waals surface area contributed by atoms with Gasteiger partial charge in [-0.15, -0.1) is 0 Å². The predicted octanol–water partition coefficient (Wildman–Crippen LogP) is 6.35. The average Bonchev–Trinajstić information content (AvgIpc) is 3.31. The molecule has 1 fully saturated rings. The zero-order valence-electron chi connectivity index (χ0n) is 22.8. The van der Waals surface area contributed by atoms with E-state index in [4.69, 9.17) is 0 Å². The van der Waals surface area contributed by atoms with Crippen LogP contribution in [0.25, 0.3) is 0 Å². The number of para-hydroxylation sites is 2. The van der Waals surface area contributed by atoms with Crippen molar-refractivity contribution < 1.29 is 18.0 Å². The highest BCUT2D eigenvalue weighted by atomic mass is 32.2. The molecule has 0 spiro atoms. The molecule has 0 aliphatic carbocycles. The summed E-state index contributed by atoms with van der Waals surface area (Å²) >= 11 is 0. The molecule has 0 unspecified atom stereocenters. The van der Waals surface area contributed by atoms with Crippen molar-refractivity contribution in [2.24, 2.45) is 0 Å². The molecule has 41 heavy (non-hydrogen) atoms. The van der Waals surface area contributed by atoms with Gasteiger partial charge in [-0.25, -0.2) is 8.42 Å². The van der Waals surface area contributed by atoms with Gasteiger partial charge in [0.05, 0.1) is 28.4 Å². The Morgan fingerprint density at radius 3 is 1.95 bits per heavy atom. The number of anilines is 2. The monoisotopic (exact) mass is 567 g/mol. The summed E-state index contributed by atoms with van der Waals surface area (Å²) in [7, 11) is -3.83. The minimum absolute atomic E-state index is 0.0706. The SMILES string of the molecule is O=C(Nc1ccccc1C(=O)N1CCCCCC1)c1ccc(CN(c2ccccc2)S(=O)(=O)c2ccccc2)cc1. The number of benzene rings is 4. The lowest BCUT2D eigenvalue weighted by molar-refractivity contribution is 0.0762. The van der Waals surface area contributed by atoms with Gasteiger partial charge in [0.1, 0.15) is 0 Å². The summed E-state index contributed by atoms with van der Waals surface area (Å²) in [6.45, 7) is 1.54. The summed E-state index contributed by atoms with van der Waals surface area (Å²) < 4.78 is 28.5. The molecule has 2 amide bonds. The van der Waals surface area contributed by atoms with E-state index in [1.54, 1.807) is 103 Å². The number of carbonyl (C=O) groups is 2. The first kappa shape index (κ1) is 28.1. The van der Waals surface area contributed by atoms with Crippen molar-refractivity contribution in [3.63, 3.8) is 0 Å². The van der Waals surface area contributed by atoms with E-state index in [-0.39, 0.29) is 23.3 Å². The van der Waals surface area contributed by atoms with Crippen LogP contribution in [0, 0.1) is 0 Å². The van der Waals surface area contributed by atoms with E-state index in [2.05, 4.69) is 5.32 Å². The minimum atomic E-state index is -3.83. The number of carbonyl (C=O) groups excluding carboxylic acids is 2. The number of nitrogens with one attached hydrogen (secondary N) is 1. The van der Waals surface area contributed by atoms with Gasteiger partial charge in [0, 0.05) is 18.7 Å². The lowest BCUT2D eigenvalue weighted by Crippen LogP contribution is -2.32. The molecule has 5 rings (SSSR count). The first-order valence-electron chi connectivity index (χ1n) is 13.8. The van der Waals surface area contributed by atoms with Crippen molar-refractivity contribution in [2.45, 2.75) is 37.1 Å². The van der Waals surface area contributed by atoms with E-state index in [9.17, 15) is 18.0 Å². The van der Waals surface area contributed by atoms with E-state index >= 15 is 0 Å². The van der Waals surface area contributed by atoms with E-state index in [0.717, 1.165) is 44.3 Å². The van der Waals surface area contributed by atoms with Crippen molar-refractivity contribution in [1.29, 1.82) is 0 Å². The molecular weight excluding hydrogens is 534 g/mol. The quantitative estimate of drug-likeness (QED) is 0.269. The molecular formula is C33H33N3O4S. The van der Waals surface area contributed by atoms with Gasteiger partial charge < -0.3 is 10.2 Å². The van der Waals surface area contributed by atoms with Gasteiger partial charge >= 0.3 is 0 Å². The summed E-state index contributed by atoms with van der Waals surface area (Å²) in [6.07, 6.45) is 4.22. The summed E-state index contributed by atoms with van der Waals surface area (Å²) in [5.74, 6) is -0.414. The van der Waals surface area contributed by atoms with Crippen LogP contribution in [0.2, 0.25) is 0 Å². The fourth-order valence-corrected chi connectivity index (χ4v) is 6.45. The highest BCUT2D eigenvalue weighted by Gasteiger charge is 2.25. The average molecular weight is 568 g/mol. The highest BCUT2D eigenvalue weighted by molar-refractivity contribution is 7.92. The molecule has 0 atom stereocenters. The van der Waals surface area contributed by atoms with Crippen molar-refractivity contribution in [2.75, 3.05) is 22.7 Å². The number of nitrogens with zero attached hydrogens (tertiary/aromatic N) is 2. The summed E-state index contributed by atoms with van der Waals surface area (Å²) in [6, 6.07) is 31.2. The number of amides is 2. The molecule has 1 N–H and O–H groups in total. The number of sulfonamides is 1. The lowest BCUT2D eigenvalue weighted by Gasteiger charge is -2.25. The molecule has 0 bridgehead atoms. The fourth-order valence-electron chi connectivity index (χ4n) is 4.97. The smallest absolute Gasteiger partial charge is 0.264 e. The maximum absolute atomic E-state index is 13.6. The number of rotatable bonds is 8. The van der Waals surface area contributed by atoms with Crippen LogP contribution in [0.3, 0.4) is 0 Å². The second-order valence-electron chi connectivity index (χ2n) is 10.1. The van der Waals surface area contributed by atoms with Crippen LogP contribution in [0.4, 0.5) is 11.4 Å². The second-order valence-corrected chi connectivity index (χ2v) is 11.9. The van der Waals surface area contributed by atoms with Crippen LogP contribution < -0.4 is 9.62 Å². The normalized spacial score (nSPS) is 13.7. The van der Waals surface area contributed by atoms with Gasteiger partial charge in [-0.3, -0.25) is 13.9 Å². The van der Waals surface area contributed by atoms with E-state index in [1.165, 1.54) is 4.31 Å². The number of likely N-dealkylation sites (tertiary alicyclic amines) is 1. The van der Waals surface area contributed by atoms with Crippen LogP contribution in [-0.2, 0) is 16.6 Å². The van der Waals surface area contributed by atoms with Crippen LogP contribution in [0.5, 0.6) is 0 Å². The Kier molecular flexibility index (Phi) is 8.79. The lowest BCUT2D eigenvalue weighted by atomic mass is 10.1. The zero-order valence-corrected chi connectivity index (χ0v) is 23.6. The molecule has 8 heteroatoms. The van der Waals surface area contributed by atoms with E-state index in [1.807, 2.05) is 11.0 Å². The third-order valence-corrected chi connectivity index (χ3v) is 9.00. The Morgan fingerprint density at radius 2 is 1.29 bits per heavy atom. The first-order valence-corrected chi connectivity index (χ1v) is 15.3. The molecule has 4 aromatic carbocycles. The zero-order chi connectivity index (χ0) is 28.7. The van der Waals surface area contributed by atoms with Crippen molar-refractivity contribution in [3.8, 4) is 0 Å². The molecule has 4 aromatic rings. The summed E-state index contributed by atoms with van der Waals surface area (Å²) in [5, 5.41) is 2.90. The first-order chi connectivity index (χ1) is 19.9. The Hall–Kier alpha value is -4.43. The molecule has 0 saturated carbocycles. The molecule has 7 nitrogen and oxygen atoms in total. The second kappa shape index (κ2) is 12.8. The van der Waals surface area contributed by atoms with Gasteiger partial charge in [0.25, 0.3) is 21.8 Å². The number of hydrogen-bond donors (Lipinski definition) is 1. The maximum atomic E-state index is 13.6. The molecule has 1 aliphatic heterocycles. The van der Waals surface area contributed by atoms with E-state index < -0.39 is 10.0 Å². The van der Waals surface area contributed by atoms with Gasteiger partial charge in [-0.2, -0.15) is 0 Å². The Bertz CT molecular complexity index is 1580. The van der Waals surface area contributed by atoms with Gasteiger partial charge in [0.15, 0.2) is 0 Å². The maximum Gasteiger partial charge on any atom is 0.264 e.